The minimum absolute atomic E-state index is 0.0271. The maximum Gasteiger partial charge on any atom is 0.270 e. The molecule has 8 heteroatoms. The topological polar surface area (TPSA) is 67.2 Å². The number of anilines is 1. The maximum atomic E-state index is 12.7. The second-order valence-electron chi connectivity index (χ2n) is 4.83. The molecule has 2 amide bonds. The van der Waals surface area contributed by atoms with Gasteiger partial charge in [-0.15, -0.1) is 0 Å². The molecule has 1 aliphatic rings. The van der Waals surface area contributed by atoms with Crippen molar-refractivity contribution in [3.63, 3.8) is 0 Å². The molecule has 116 valence electrons. The van der Waals surface area contributed by atoms with Crippen LogP contribution in [0.15, 0.2) is 42.2 Å². The lowest BCUT2D eigenvalue weighted by molar-refractivity contribution is -0.122. The van der Waals surface area contributed by atoms with E-state index >= 15 is 0 Å². The summed E-state index contributed by atoms with van der Waals surface area (Å²) in [5, 5.41) is 3.08. The van der Waals surface area contributed by atoms with Crippen molar-refractivity contribution in [2.24, 2.45) is 7.05 Å². The molecule has 2 aromatic rings. The van der Waals surface area contributed by atoms with E-state index in [4.69, 9.17) is 23.8 Å². The molecule has 0 spiro atoms. The van der Waals surface area contributed by atoms with Crippen LogP contribution in [-0.2, 0) is 16.6 Å². The third-order valence-electron chi connectivity index (χ3n) is 3.32. The molecule has 0 saturated carbocycles. The average Bonchev–Trinajstić information content (AvgIpc) is 2.90. The van der Waals surface area contributed by atoms with E-state index in [-0.39, 0.29) is 10.7 Å². The number of aryl methyl sites for hydroxylation is 1. The van der Waals surface area contributed by atoms with Gasteiger partial charge >= 0.3 is 0 Å². The van der Waals surface area contributed by atoms with Crippen molar-refractivity contribution in [3.05, 3.63) is 53.1 Å². The van der Waals surface area contributed by atoms with Gasteiger partial charge in [-0.1, -0.05) is 11.6 Å². The van der Waals surface area contributed by atoms with Crippen molar-refractivity contribution in [1.82, 2.24) is 14.9 Å². The van der Waals surface area contributed by atoms with Crippen LogP contribution in [0.3, 0.4) is 0 Å². The summed E-state index contributed by atoms with van der Waals surface area (Å²) in [6.07, 6.45) is 4.74. The van der Waals surface area contributed by atoms with Gasteiger partial charge in [0.15, 0.2) is 5.11 Å². The first-order valence-corrected chi connectivity index (χ1v) is 7.40. The monoisotopic (exact) mass is 346 g/mol. The zero-order valence-electron chi connectivity index (χ0n) is 12.0. The Morgan fingerprint density at radius 3 is 2.57 bits per heavy atom. The second-order valence-corrected chi connectivity index (χ2v) is 5.65. The molecular formula is C15H11ClN4O2S. The van der Waals surface area contributed by atoms with Gasteiger partial charge in [-0.05, 0) is 42.6 Å². The molecule has 0 radical (unpaired) electrons. The normalized spacial score (nSPS) is 16.9. The fourth-order valence-corrected chi connectivity index (χ4v) is 2.53. The number of hydrogen-bond donors (Lipinski definition) is 1. The number of thiocarbonyl (C=S) groups is 1. The molecule has 3 rings (SSSR count). The van der Waals surface area contributed by atoms with Crippen LogP contribution >= 0.6 is 23.8 Å². The Morgan fingerprint density at radius 1 is 1.26 bits per heavy atom. The number of imidazole rings is 1. The number of hydrogen-bond acceptors (Lipinski definition) is 4. The van der Waals surface area contributed by atoms with E-state index in [0.717, 1.165) is 0 Å². The molecule has 23 heavy (non-hydrogen) atoms. The molecular weight excluding hydrogens is 336 g/mol. The smallest absolute Gasteiger partial charge is 0.270 e. The van der Waals surface area contributed by atoms with E-state index in [9.17, 15) is 9.59 Å². The summed E-state index contributed by atoms with van der Waals surface area (Å²) >= 11 is 11.0. The molecule has 1 fully saturated rings. The highest BCUT2D eigenvalue weighted by atomic mass is 35.5. The Labute approximate surface area is 142 Å². The van der Waals surface area contributed by atoms with Crippen molar-refractivity contribution in [3.8, 4) is 0 Å². The van der Waals surface area contributed by atoms with Crippen LogP contribution in [0.5, 0.6) is 0 Å². The van der Waals surface area contributed by atoms with E-state index in [1.165, 1.54) is 11.0 Å². The van der Waals surface area contributed by atoms with Gasteiger partial charge in [0.2, 0.25) is 0 Å². The third kappa shape index (κ3) is 2.88. The summed E-state index contributed by atoms with van der Waals surface area (Å²) in [6.45, 7) is 0. The van der Waals surface area contributed by atoms with E-state index in [2.05, 4.69) is 10.3 Å². The molecule has 1 N–H and O–H groups in total. The van der Waals surface area contributed by atoms with Crippen molar-refractivity contribution in [1.29, 1.82) is 0 Å². The first-order chi connectivity index (χ1) is 11.0. The summed E-state index contributed by atoms with van der Waals surface area (Å²) in [5.74, 6) is -0.565. The highest BCUT2D eigenvalue weighted by Crippen LogP contribution is 2.23. The lowest BCUT2D eigenvalue weighted by Crippen LogP contribution is -2.54. The van der Waals surface area contributed by atoms with Crippen LogP contribution in [0.25, 0.3) is 6.08 Å². The molecule has 1 aromatic carbocycles. The fourth-order valence-electron chi connectivity index (χ4n) is 2.13. The maximum absolute atomic E-state index is 12.7. The number of halogens is 1. The molecule has 1 aromatic heterocycles. The fraction of sp³-hybridized carbons (Fsp3) is 0.0667. The molecule has 2 heterocycles. The first-order valence-electron chi connectivity index (χ1n) is 6.62. The first kappa shape index (κ1) is 15.4. The highest BCUT2D eigenvalue weighted by molar-refractivity contribution is 7.80. The number of carbonyl (C=O) groups is 2. The lowest BCUT2D eigenvalue weighted by atomic mass is 10.1. The van der Waals surface area contributed by atoms with Crippen molar-refractivity contribution >= 4 is 52.5 Å². The van der Waals surface area contributed by atoms with E-state index < -0.39 is 11.8 Å². The number of amides is 2. The average molecular weight is 347 g/mol. The molecule has 1 saturated heterocycles. The summed E-state index contributed by atoms with van der Waals surface area (Å²) in [7, 11) is 1.77. The molecule has 0 bridgehead atoms. The quantitative estimate of drug-likeness (QED) is 0.512. The van der Waals surface area contributed by atoms with Gasteiger partial charge in [-0.25, -0.2) is 4.98 Å². The third-order valence-corrected chi connectivity index (χ3v) is 3.86. The Bertz CT molecular complexity index is 841. The standard InChI is InChI=1S/C15H11ClN4O2S/c1-19-7-6-17-12(19)8-11-13(21)18-15(23)20(14(11)22)10-4-2-9(16)3-5-10/h2-8H,1H3,(H,18,21,23)/b11-8+. The second kappa shape index (κ2) is 5.94. The van der Waals surface area contributed by atoms with Crippen molar-refractivity contribution in [2.45, 2.75) is 0 Å². The van der Waals surface area contributed by atoms with Crippen LogP contribution in [0.2, 0.25) is 5.02 Å². The van der Waals surface area contributed by atoms with Crippen LogP contribution in [0, 0.1) is 0 Å². The number of nitrogens with zero attached hydrogens (tertiary/aromatic N) is 3. The van der Waals surface area contributed by atoms with Crippen molar-refractivity contribution in [2.75, 3.05) is 4.90 Å². The van der Waals surface area contributed by atoms with Gasteiger partial charge < -0.3 is 4.57 Å². The SMILES string of the molecule is Cn1ccnc1/C=C1\C(=O)NC(=S)N(c2ccc(Cl)cc2)C1=O. The van der Waals surface area contributed by atoms with Crippen LogP contribution < -0.4 is 10.2 Å². The Hall–Kier alpha value is -2.51. The summed E-state index contributed by atoms with van der Waals surface area (Å²) < 4.78 is 1.70. The van der Waals surface area contributed by atoms with Gasteiger partial charge in [-0.3, -0.25) is 19.8 Å². The highest BCUT2D eigenvalue weighted by Gasteiger charge is 2.34. The number of aromatic nitrogens is 2. The van der Waals surface area contributed by atoms with Crippen molar-refractivity contribution < 1.29 is 9.59 Å². The minimum atomic E-state index is -0.548. The van der Waals surface area contributed by atoms with E-state index in [0.29, 0.717) is 16.5 Å². The Morgan fingerprint density at radius 2 is 1.96 bits per heavy atom. The zero-order chi connectivity index (χ0) is 16.6. The predicted molar refractivity (Wildman–Crippen MR) is 90.9 cm³/mol. The zero-order valence-corrected chi connectivity index (χ0v) is 13.6. The van der Waals surface area contributed by atoms with Gasteiger partial charge in [0, 0.05) is 24.5 Å². The number of carbonyl (C=O) groups excluding carboxylic acids is 2. The lowest BCUT2D eigenvalue weighted by Gasteiger charge is -2.28. The molecule has 6 nitrogen and oxygen atoms in total. The summed E-state index contributed by atoms with van der Waals surface area (Å²) in [4.78, 5) is 30.2. The predicted octanol–water partition coefficient (Wildman–Crippen LogP) is 1.90. The largest absolute Gasteiger partial charge is 0.335 e. The van der Waals surface area contributed by atoms with Gasteiger partial charge in [0.05, 0.1) is 5.69 Å². The van der Waals surface area contributed by atoms with Gasteiger partial charge in [0.25, 0.3) is 11.8 Å². The molecule has 0 aliphatic carbocycles. The Balaban J connectivity index is 2.02. The summed E-state index contributed by atoms with van der Waals surface area (Å²) in [6, 6.07) is 6.60. The molecule has 0 unspecified atom stereocenters. The van der Waals surface area contributed by atoms with Gasteiger partial charge in [0.1, 0.15) is 11.4 Å². The number of rotatable bonds is 2. The van der Waals surface area contributed by atoms with Gasteiger partial charge in [-0.2, -0.15) is 0 Å². The molecule has 0 atom stereocenters. The Kier molecular flexibility index (Phi) is 3.97. The van der Waals surface area contributed by atoms with E-state index in [1.807, 2.05) is 0 Å². The summed E-state index contributed by atoms with van der Waals surface area (Å²) in [5.41, 5.74) is 0.484. The van der Waals surface area contributed by atoms with Crippen LogP contribution in [0.1, 0.15) is 5.82 Å². The number of benzene rings is 1. The number of nitrogens with one attached hydrogen (secondary N) is 1. The van der Waals surface area contributed by atoms with E-state index in [1.54, 1.807) is 48.3 Å². The van der Waals surface area contributed by atoms with Crippen LogP contribution in [-0.4, -0.2) is 26.5 Å². The molecule has 1 aliphatic heterocycles. The minimum Gasteiger partial charge on any atom is -0.335 e. The van der Waals surface area contributed by atoms with Crippen LogP contribution in [0.4, 0.5) is 5.69 Å².